The zero-order valence-corrected chi connectivity index (χ0v) is 22.9. The Morgan fingerprint density at radius 2 is 1.24 bits per heavy atom. The van der Waals surface area contributed by atoms with Gasteiger partial charge in [-0.15, -0.1) is 11.8 Å². The van der Waals surface area contributed by atoms with Crippen molar-refractivity contribution in [3.05, 3.63) is 66.8 Å². The van der Waals surface area contributed by atoms with Gasteiger partial charge in [0.15, 0.2) is 0 Å². The molecule has 0 radical (unpaired) electrons. The van der Waals surface area contributed by atoms with Crippen LogP contribution >= 0.6 is 11.8 Å². The molecule has 3 rings (SSSR count). The Morgan fingerprint density at radius 1 is 0.784 bits per heavy atom. The monoisotopic (exact) mass is 522 g/mol. The van der Waals surface area contributed by atoms with Crippen LogP contribution in [0.5, 0.6) is 11.5 Å². The number of carbonyl (C=O) groups is 2. The van der Waals surface area contributed by atoms with Crippen LogP contribution in [0.15, 0.2) is 71.7 Å². The van der Waals surface area contributed by atoms with Crippen LogP contribution in [0.3, 0.4) is 0 Å². The molecule has 0 saturated heterocycles. The summed E-state index contributed by atoms with van der Waals surface area (Å²) in [5.41, 5.74) is 0.682. The average Bonchev–Trinajstić information content (AvgIpc) is 2.85. The van der Waals surface area contributed by atoms with Gasteiger partial charge in [-0.25, -0.2) is 9.59 Å². The van der Waals surface area contributed by atoms with Gasteiger partial charge < -0.3 is 18.9 Å². The molecule has 2 atom stereocenters. The molecule has 37 heavy (non-hydrogen) atoms. The van der Waals surface area contributed by atoms with Crippen LogP contribution in [-0.2, 0) is 19.1 Å². The third kappa shape index (κ3) is 7.07. The van der Waals surface area contributed by atoms with Crippen molar-refractivity contribution < 1.29 is 28.5 Å². The van der Waals surface area contributed by atoms with E-state index in [1.807, 2.05) is 30.3 Å². The highest BCUT2D eigenvalue weighted by Crippen LogP contribution is 2.44. The molecular formula is C30H34O6S. The standard InChI is InChI=1S/C30H34O6S/c1-8-37-22-13-14-25-26(15-22)28(34-17-21(7)36-30(32)19(4)5)24-12-10-9-11-23(24)27(25)33-16-20(6)35-29(31)18(2)3/h9-15,20-21H,2,4,8,16-17H2,1,3,5-7H3. The van der Waals surface area contributed by atoms with Crippen molar-refractivity contribution in [2.75, 3.05) is 19.0 Å². The molecule has 0 N–H and O–H groups in total. The number of rotatable bonds is 12. The zero-order valence-electron chi connectivity index (χ0n) is 22.1. The van der Waals surface area contributed by atoms with E-state index < -0.39 is 24.1 Å². The average molecular weight is 523 g/mol. The zero-order chi connectivity index (χ0) is 27.1. The first-order valence-corrected chi connectivity index (χ1v) is 13.2. The van der Waals surface area contributed by atoms with Crippen LogP contribution in [0.2, 0.25) is 0 Å². The molecular weight excluding hydrogens is 488 g/mol. The van der Waals surface area contributed by atoms with Gasteiger partial charge in [0.05, 0.1) is 0 Å². The molecule has 2 unspecified atom stereocenters. The lowest BCUT2D eigenvalue weighted by Gasteiger charge is -2.21. The fourth-order valence-electron chi connectivity index (χ4n) is 3.68. The van der Waals surface area contributed by atoms with Crippen LogP contribution in [0.4, 0.5) is 0 Å². The number of fused-ring (bicyclic) bond motifs is 2. The molecule has 0 spiro atoms. The number of esters is 2. The fourth-order valence-corrected chi connectivity index (χ4v) is 4.38. The van der Waals surface area contributed by atoms with E-state index in [9.17, 15) is 9.59 Å². The molecule has 0 amide bonds. The Morgan fingerprint density at radius 3 is 1.70 bits per heavy atom. The van der Waals surface area contributed by atoms with Crippen molar-refractivity contribution in [1.82, 2.24) is 0 Å². The third-order valence-corrected chi connectivity index (χ3v) is 6.32. The van der Waals surface area contributed by atoms with Gasteiger partial charge in [0, 0.05) is 37.6 Å². The van der Waals surface area contributed by atoms with E-state index in [2.05, 4.69) is 32.2 Å². The lowest BCUT2D eigenvalue weighted by molar-refractivity contribution is -0.145. The summed E-state index contributed by atoms with van der Waals surface area (Å²) in [6, 6.07) is 14.0. The highest BCUT2D eigenvalue weighted by Gasteiger charge is 2.20. The summed E-state index contributed by atoms with van der Waals surface area (Å²) in [4.78, 5) is 25.0. The van der Waals surface area contributed by atoms with Gasteiger partial charge in [-0.2, -0.15) is 0 Å². The van der Waals surface area contributed by atoms with Crippen molar-refractivity contribution in [3.63, 3.8) is 0 Å². The molecule has 7 heteroatoms. The van der Waals surface area contributed by atoms with Crippen LogP contribution in [0, 0.1) is 0 Å². The second kappa shape index (κ2) is 12.7. The van der Waals surface area contributed by atoms with Gasteiger partial charge in [0.25, 0.3) is 0 Å². The number of hydrogen-bond acceptors (Lipinski definition) is 7. The SMILES string of the molecule is C=C(C)C(=O)OC(C)COc1c2ccccc2c(OCC(C)OC(=O)C(=C)C)c2cc(SCC)ccc12. The minimum atomic E-state index is -0.467. The van der Waals surface area contributed by atoms with Gasteiger partial charge in [-0.1, -0.05) is 44.3 Å². The number of benzene rings is 3. The van der Waals surface area contributed by atoms with E-state index in [1.165, 1.54) is 0 Å². The van der Waals surface area contributed by atoms with Gasteiger partial charge >= 0.3 is 11.9 Å². The predicted molar refractivity (Wildman–Crippen MR) is 150 cm³/mol. The molecule has 0 bridgehead atoms. The topological polar surface area (TPSA) is 71.1 Å². The fraction of sp³-hybridized carbons (Fsp3) is 0.333. The maximum Gasteiger partial charge on any atom is 0.333 e. The first-order valence-electron chi connectivity index (χ1n) is 12.2. The molecule has 0 aliphatic heterocycles. The highest BCUT2D eigenvalue weighted by atomic mass is 32.2. The lowest BCUT2D eigenvalue weighted by Crippen LogP contribution is -2.23. The maximum absolute atomic E-state index is 11.9. The van der Waals surface area contributed by atoms with Gasteiger partial charge in [-0.05, 0) is 51.6 Å². The van der Waals surface area contributed by atoms with E-state index in [0.29, 0.717) is 22.6 Å². The summed E-state index contributed by atoms with van der Waals surface area (Å²) in [5, 5.41) is 3.50. The summed E-state index contributed by atoms with van der Waals surface area (Å²) in [7, 11) is 0. The quantitative estimate of drug-likeness (QED) is 0.111. The molecule has 0 heterocycles. The Hall–Kier alpha value is -3.45. The molecule has 0 aliphatic rings. The summed E-state index contributed by atoms with van der Waals surface area (Å²) in [6.45, 7) is 16.5. The minimum absolute atomic E-state index is 0.178. The number of ether oxygens (including phenoxy) is 4. The first kappa shape index (κ1) is 28.1. The molecule has 0 saturated carbocycles. The van der Waals surface area contributed by atoms with Crippen molar-refractivity contribution in [2.24, 2.45) is 0 Å². The first-order chi connectivity index (χ1) is 17.6. The Balaban J connectivity index is 2.03. The highest BCUT2D eigenvalue weighted by molar-refractivity contribution is 7.99. The van der Waals surface area contributed by atoms with Gasteiger partial charge in [0.2, 0.25) is 0 Å². The van der Waals surface area contributed by atoms with Crippen molar-refractivity contribution in [1.29, 1.82) is 0 Å². The normalized spacial score (nSPS) is 12.6. The van der Waals surface area contributed by atoms with E-state index in [0.717, 1.165) is 32.2 Å². The second-order valence-electron chi connectivity index (χ2n) is 8.96. The Kier molecular flexibility index (Phi) is 9.64. The van der Waals surface area contributed by atoms with Gasteiger partial charge in [-0.3, -0.25) is 0 Å². The molecule has 196 valence electrons. The number of carbonyl (C=O) groups excluding carboxylic acids is 2. The van der Waals surface area contributed by atoms with Crippen LogP contribution in [0.25, 0.3) is 21.5 Å². The van der Waals surface area contributed by atoms with Crippen molar-refractivity contribution in [2.45, 2.75) is 51.7 Å². The van der Waals surface area contributed by atoms with E-state index in [-0.39, 0.29) is 13.2 Å². The summed E-state index contributed by atoms with van der Waals surface area (Å²) < 4.78 is 23.4. The minimum Gasteiger partial charge on any atom is -0.488 e. The van der Waals surface area contributed by atoms with E-state index >= 15 is 0 Å². The van der Waals surface area contributed by atoms with Crippen LogP contribution < -0.4 is 9.47 Å². The maximum atomic E-state index is 11.9. The summed E-state index contributed by atoms with van der Waals surface area (Å²) >= 11 is 1.73. The molecule has 0 aromatic heterocycles. The molecule has 6 nitrogen and oxygen atoms in total. The predicted octanol–water partition coefficient (Wildman–Crippen LogP) is 6.88. The third-order valence-electron chi connectivity index (χ3n) is 5.45. The Bertz CT molecular complexity index is 1330. The molecule has 3 aromatic rings. The van der Waals surface area contributed by atoms with Crippen molar-refractivity contribution >= 4 is 45.2 Å². The molecule has 0 fully saturated rings. The van der Waals surface area contributed by atoms with Gasteiger partial charge in [0.1, 0.15) is 36.9 Å². The smallest absolute Gasteiger partial charge is 0.333 e. The second-order valence-corrected chi connectivity index (χ2v) is 10.3. The van der Waals surface area contributed by atoms with E-state index in [4.69, 9.17) is 18.9 Å². The largest absolute Gasteiger partial charge is 0.488 e. The van der Waals surface area contributed by atoms with E-state index in [1.54, 1.807) is 39.5 Å². The summed E-state index contributed by atoms with van der Waals surface area (Å²) in [6.07, 6.45) is -0.932. The van der Waals surface area contributed by atoms with Crippen LogP contribution in [0.1, 0.15) is 34.6 Å². The molecule has 3 aromatic carbocycles. The number of hydrogen-bond donors (Lipinski definition) is 0. The molecule has 0 aliphatic carbocycles. The lowest BCUT2D eigenvalue weighted by atomic mass is 10.0. The summed E-state index contributed by atoms with van der Waals surface area (Å²) in [5.74, 6) is 1.41. The Labute approximate surface area is 222 Å². The van der Waals surface area contributed by atoms with Crippen molar-refractivity contribution in [3.8, 4) is 11.5 Å². The van der Waals surface area contributed by atoms with Crippen LogP contribution in [-0.4, -0.2) is 43.1 Å². The number of thioether (sulfide) groups is 1.